The first-order valence-electron chi connectivity index (χ1n) is 8.56. The molecular formula is C19H25N3OS. The van der Waals surface area contributed by atoms with Crippen molar-refractivity contribution in [2.75, 3.05) is 18.8 Å². The Balaban J connectivity index is 1.77. The zero-order valence-corrected chi connectivity index (χ0v) is 15.4. The first kappa shape index (κ1) is 17.0. The summed E-state index contributed by atoms with van der Waals surface area (Å²) in [6.45, 7) is 7.85. The van der Waals surface area contributed by atoms with Crippen LogP contribution in [0.3, 0.4) is 0 Å². The number of carbonyl (C=O) groups excluding carboxylic acids is 1. The third-order valence-electron chi connectivity index (χ3n) is 4.68. The summed E-state index contributed by atoms with van der Waals surface area (Å²) < 4.78 is 0. The van der Waals surface area contributed by atoms with Gasteiger partial charge in [0.15, 0.2) is 0 Å². The maximum absolute atomic E-state index is 12.9. The molecule has 5 heteroatoms. The van der Waals surface area contributed by atoms with Crippen LogP contribution in [0.2, 0.25) is 0 Å². The van der Waals surface area contributed by atoms with Crippen molar-refractivity contribution >= 4 is 22.9 Å². The number of piperidine rings is 1. The Hall–Kier alpha value is -1.88. The lowest BCUT2D eigenvalue weighted by Gasteiger charge is -2.32. The fourth-order valence-electron chi connectivity index (χ4n) is 3.16. The molecule has 128 valence electrons. The van der Waals surface area contributed by atoms with Gasteiger partial charge in [-0.1, -0.05) is 19.9 Å². The van der Waals surface area contributed by atoms with Crippen LogP contribution in [0.5, 0.6) is 0 Å². The van der Waals surface area contributed by atoms with E-state index in [-0.39, 0.29) is 5.91 Å². The highest BCUT2D eigenvalue weighted by Crippen LogP contribution is 2.31. The average Bonchev–Trinajstić information content (AvgIpc) is 3.07. The smallest absolute Gasteiger partial charge is 0.254 e. The fourth-order valence-corrected chi connectivity index (χ4v) is 4.27. The van der Waals surface area contributed by atoms with Crippen molar-refractivity contribution in [3.05, 3.63) is 45.4 Å². The van der Waals surface area contributed by atoms with E-state index in [0.717, 1.165) is 42.8 Å². The standard InChI is InChI=1S/C19H25N3OS/c1-12(2)17-11-24-18(21-17)14-5-4-8-22(10-14)19(23)16-9-15(20)7-6-13(16)3/h6-7,9,11-12,14H,4-5,8,10,20H2,1-3H3. The second-order valence-corrected chi connectivity index (χ2v) is 7.82. The first-order chi connectivity index (χ1) is 11.5. The monoisotopic (exact) mass is 343 g/mol. The van der Waals surface area contributed by atoms with Crippen molar-refractivity contribution in [1.82, 2.24) is 9.88 Å². The molecule has 24 heavy (non-hydrogen) atoms. The van der Waals surface area contributed by atoms with Crippen LogP contribution in [-0.2, 0) is 0 Å². The molecule has 4 nitrogen and oxygen atoms in total. The van der Waals surface area contributed by atoms with Gasteiger partial charge < -0.3 is 10.6 Å². The number of nitrogens with zero attached hydrogens (tertiary/aromatic N) is 2. The molecule has 1 saturated heterocycles. The third-order valence-corrected chi connectivity index (χ3v) is 5.71. The normalized spacial score (nSPS) is 18.2. The Morgan fingerprint density at radius 3 is 2.92 bits per heavy atom. The summed E-state index contributed by atoms with van der Waals surface area (Å²) in [5, 5.41) is 3.32. The van der Waals surface area contributed by atoms with Crippen LogP contribution in [0.15, 0.2) is 23.6 Å². The van der Waals surface area contributed by atoms with Crippen molar-refractivity contribution in [2.24, 2.45) is 0 Å². The molecule has 1 atom stereocenters. The van der Waals surface area contributed by atoms with Crippen LogP contribution in [-0.4, -0.2) is 28.9 Å². The van der Waals surface area contributed by atoms with Gasteiger partial charge in [-0.05, 0) is 43.4 Å². The van der Waals surface area contributed by atoms with E-state index in [1.54, 1.807) is 17.4 Å². The third kappa shape index (κ3) is 3.46. The quantitative estimate of drug-likeness (QED) is 0.851. The predicted octanol–water partition coefficient (Wildman–Crippen LogP) is 4.18. The molecule has 1 unspecified atom stereocenters. The largest absolute Gasteiger partial charge is 0.399 e. The molecule has 2 N–H and O–H groups in total. The van der Waals surface area contributed by atoms with Gasteiger partial charge in [0.05, 0.1) is 10.7 Å². The van der Waals surface area contributed by atoms with E-state index in [2.05, 4.69) is 19.2 Å². The van der Waals surface area contributed by atoms with Crippen molar-refractivity contribution in [3.8, 4) is 0 Å². The van der Waals surface area contributed by atoms with Crippen molar-refractivity contribution in [3.63, 3.8) is 0 Å². The number of nitrogen functional groups attached to an aromatic ring is 1. The van der Waals surface area contributed by atoms with Crippen molar-refractivity contribution in [2.45, 2.75) is 45.4 Å². The summed E-state index contributed by atoms with van der Waals surface area (Å²) in [4.78, 5) is 19.7. The number of carbonyl (C=O) groups is 1. The molecule has 1 amide bonds. The van der Waals surface area contributed by atoms with Crippen LogP contribution in [0.4, 0.5) is 5.69 Å². The van der Waals surface area contributed by atoms with Gasteiger partial charge >= 0.3 is 0 Å². The molecule has 1 aliphatic rings. The van der Waals surface area contributed by atoms with Gasteiger partial charge in [0.1, 0.15) is 0 Å². The molecule has 0 saturated carbocycles. The van der Waals surface area contributed by atoms with Gasteiger partial charge in [-0.3, -0.25) is 4.79 Å². The molecule has 1 aliphatic heterocycles. The van der Waals surface area contributed by atoms with Crippen LogP contribution in [0.1, 0.15) is 65.1 Å². The molecule has 1 aromatic heterocycles. The summed E-state index contributed by atoms with van der Waals surface area (Å²) in [5.41, 5.74) is 9.36. The number of hydrogen-bond acceptors (Lipinski definition) is 4. The van der Waals surface area contributed by atoms with Gasteiger partial charge in [0.25, 0.3) is 5.91 Å². The number of nitrogens with two attached hydrogens (primary N) is 1. The molecule has 0 aliphatic carbocycles. The number of aryl methyl sites for hydroxylation is 1. The average molecular weight is 343 g/mol. The van der Waals surface area contributed by atoms with E-state index in [9.17, 15) is 4.79 Å². The Kier molecular flexibility index (Phi) is 4.90. The van der Waals surface area contributed by atoms with E-state index in [1.165, 1.54) is 5.01 Å². The minimum Gasteiger partial charge on any atom is -0.399 e. The summed E-state index contributed by atoms with van der Waals surface area (Å²) >= 11 is 1.73. The fraction of sp³-hybridized carbons (Fsp3) is 0.474. The van der Waals surface area contributed by atoms with Crippen LogP contribution >= 0.6 is 11.3 Å². The zero-order valence-electron chi connectivity index (χ0n) is 14.6. The van der Waals surface area contributed by atoms with Gasteiger partial charge in [-0.2, -0.15) is 0 Å². The number of amides is 1. The van der Waals surface area contributed by atoms with Crippen molar-refractivity contribution in [1.29, 1.82) is 0 Å². The van der Waals surface area contributed by atoms with E-state index in [4.69, 9.17) is 10.7 Å². The molecule has 3 rings (SSSR count). The summed E-state index contributed by atoms with van der Waals surface area (Å²) in [5.74, 6) is 0.887. The van der Waals surface area contributed by atoms with Crippen LogP contribution < -0.4 is 5.73 Å². The number of anilines is 1. The molecule has 0 bridgehead atoms. The number of thiazole rings is 1. The summed E-state index contributed by atoms with van der Waals surface area (Å²) in [6, 6.07) is 5.55. The maximum Gasteiger partial charge on any atom is 0.254 e. The minimum atomic E-state index is 0.0881. The number of aromatic nitrogens is 1. The van der Waals surface area contributed by atoms with E-state index >= 15 is 0 Å². The van der Waals surface area contributed by atoms with Crippen LogP contribution in [0, 0.1) is 6.92 Å². The minimum absolute atomic E-state index is 0.0881. The van der Waals surface area contributed by atoms with E-state index in [1.807, 2.05) is 24.0 Å². The predicted molar refractivity (Wildman–Crippen MR) is 99.7 cm³/mol. The number of likely N-dealkylation sites (tertiary alicyclic amines) is 1. The SMILES string of the molecule is Cc1ccc(N)cc1C(=O)N1CCCC(c2nc(C(C)C)cs2)C1. The lowest BCUT2D eigenvalue weighted by molar-refractivity contribution is 0.0706. The molecule has 2 aromatic rings. The molecule has 1 aromatic carbocycles. The van der Waals surface area contributed by atoms with E-state index < -0.39 is 0 Å². The molecule has 0 radical (unpaired) electrons. The first-order valence-corrected chi connectivity index (χ1v) is 9.44. The molecule has 0 spiro atoms. The Morgan fingerprint density at radius 1 is 1.42 bits per heavy atom. The van der Waals surface area contributed by atoms with Gasteiger partial charge in [0, 0.05) is 35.6 Å². The second kappa shape index (κ2) is 6.93. The number of benzene rings is 1. The number of rotatable bonds is 3. The van der Waals surface area contributed by atoms with Gasteiger partial charge in [0.2, 0.25) is 0 Å². The topological polar surface area (TPSA) is 59.2 Å². The van der Waals surface area contributed by atoms with E-state index in [0.29, 0.717) is 17.5 Å². The molecule has 1 fully saturated rings. The highest BCUT2D eigenvalue weighted by Gasteiger charge is 2.28. The van der Waals surface area contributed by atoms with Gasteiger partial charge in [-0.25, -0.2) is 4.98 Å². The van der Waals surface area contributed by atoms with Gasteiger partial charge in [-0.15, -0.1) is 11.3 Å². The zero-order chi connectivity index (χ0) is 17.3. The Labute approximate surface area is 147 Å². The van der Waals surface area contributed by atoms with Crippen molar-refractivity contribution < 1.29 is 4.79 Å². The highest BCUT2D eigenvalue weighted by molar-refractivity contribution is 7.09. The van der Waals surface area contributed by atoms with Crippen LogP contribution in [0.25, 0.3) is 0 Å². The lowest BCUT2D eigenvalue weighted by Crippen LogP contribution is -2.39. The second-order valence-electron chi connectivity index (χ2n) is 6.93. The highest BCUT2D eigenvalue weighted by atomic mass is 32.1. The molecular weight excluding hydrogens is 318 g/mol. The maximum atomic E-state index is 12.9. The summed E-state index contributed by atoms with van der Waals surface area (Å²) in [7, 11) is 0. The molecule has 2 heterocycles. The Bertz CT molecular complexity index is 738. The summed E-state index contributed by atoms with van der Waals surface area (Å²) in [6.07, 6.45) is 2.12. The lowest BCUT2D eigenvalue weighted by atomic mass is 9.97. The Morgan fingerprint density at radius 2 is 2.21 bits per heavy atom. The number of hydrogen-bond donors (Lipinski definition) is 1.